The lowest BCUT2D eigenvalue weighted by molar-refractivity contribution is -0.991. The number of benzene rings is 2. The summed E-state index contributed by atoms with van der Waals surface area (Å²) in [5.74, 6) is 0.00228. The normalized spacial score (nSPS) is 11.9. The minimum atomic E-state index is -1.24. The average molecular weight is 324 g/mol. The number of ether oxygens (including phenoxy) is 2. The predicted molar refractivity (Wildman–Crippen MR) is 80.2 cm³/mol. The average Bonchev–Trinajstić information content (AvgIpc) is 2.53. The van der Waals surface area contributed by atoms with Crippen LogP contribution in [0, 0.1) is 5.21 Å². The molecule has 1 unspecified atom stereocenters. The third kappa shape index (κ3) is 3.05. The van der Waals surface area contributed by atoms with Gasteiger partial charge in [0.25, 0.3) is 0 Å². The van der Waals surface area contributed by atoms with E-state index in [1.807, 2.05) is 0 Å². The fourth-order valence-electron chi connectivity index (χ4n) is 2.03. The van der Waals surface area contributed by atoms with Gasteiger partial charge in [-0.15, -0.1) is 0 Å². The van der Waals surface area contributed by atoms with E-state index in [0.717, 1.165) is 0 Å². The van der Waals surface area contributed by atoms with E-state index in [9.17, 15) is 15.2 Å². The van der Waals surface area contributed by atoms with Crippen molar-refractivity contribution in [3.05, 3.63) is 57.8 Å². The number of rotatable bonds is 5. The van der Waals surface area contributed by atoms with Crippen LogP contribution in [0.25, 0.3) is 0 Å². The fraction of sp³-hybridized carbons (Fsp3) is 0.133. The zero-order valence-electron chi connectivity index (χ0n) is 11.9. The summed E-state index contributed by atoms with van der Waals surface area (Å²) < 4.78 is 10.2. The number of hydrogen-bond acceptors (Lipinski definition) is 5. The minimum Gasteiger partial charge on any atom is -0.595 e. The number of methoxy groups -OCH3 is 2. The highest BCUT2D eigenvalue weighted by Gasteiger charge is 2.23. The van der Waals surface area contributed by atoms with Gasteiger partial charge < -0.3 is 14.7 Å². The van der Waals surface area contributed by atoms with Gasteiger partial charge >= 0.3 is 0 Å². The molecule has 0 aliphatic rings. The van der Waals surface area contributed by atoms with Crippen LogP contribution in [0.15, 0.2) is 36.4 Å². The summed E-state index contributed by atoms with van der Waals surface area (Å²) in [5, 5.41) is 19.8. The third-order valence-corrected chi connectivity index (χ3v) is 3.45. The topological polar surface area (TPSA) is 83.3 Å². The molecule has 7 heteroatoms. The monoisotopic (exact) mass is 323 g/mol. The zero-order chi connectivity index (χ0) is 16.3. The largest absolute Gasteiger partial charge is 0.595 e. The first-order valence-electron chi connectivity index (χ1n) is 6.28. The van der Waals surface area contributed by atoms with Gasteiger partial charge in [-0.1, -0.05) is 23.7 Å². The predicted octanol–water partition coefficient (Wildman–Crippen LogP) is 1.99. The molecule has 0 fully saturated rings. The number of hydrogen-bond donors (Lipinski definition) is 2. The Morgan fingerprint density at radius 3 is 2.27 bits per heavy atom. The summed E-state index contributed by atoms with van der Waals surface area (Å²) in [7, 11) is 2.79. The van der Waals surface area contributed by atoms with Crippen LogP contribution in [0.1, 0.15) is 15.9 Å². The second kappa shape index (κ2) is 6.76. The molecular weight excluding hydrogens is 310 g/mol. The molecule has 22 heavy (non-hydrogen) atoms. The van der Waals surface area contributed by atoms with Crippen molar-refractivity contribution in [2.45, 2.75) is 0 Å². The van der Waals surface area contributed by atoms with E-state index in [0.29, 0.717) is 0 Å². The van der Waals surface area contributed by atoms with Gasteiger partial charge in [0.15, 0.2) is 17.2 Å². The SMILES string of the molecule is COc1cc(C(=O)c2ccccc2Cl)c([NH+]([O-])O)cc1OC. The van der Waals surface area contributed by atoms with Crippen LogP contribution in [-0.4, -0.2) is 25.2 Å². The van der Waals surface area contributed by atoms with Crippen LogP contribution >= 0.6 is 11.6 Å². The molecule has 0 aliphatic heterocycles. The maximum atomic E-state index is 12.6. The molecule has 0 aromatic heterocycles. The molecule has 0 saturated carbocycles. The quantitative estimate of drug-likeness (QED) is 0.649. The lowest BCUT2D eigenvalue weighted by Crippen LogP contribution is -2.99. The van der Waals surface area contributed by atoms with Crippen molar-refractivity contribution in [1.29, 1.82) is 0 Å². The van der Waals surface area contributed by atoms with Crippen molar-refractivity contribution in [1.82, 2.24) is 0 Å². The second-order valence-corrected chi connectivity index (χ2v) is 4.77. The van der Waals surface area contributed by atoms with Crippen molar-refractivity contribution in [2.24, 2.45) is 0 Å². The fourth-order valence-corrected chi connectivity index (χ4v) is 2.26. The number of nitrogens with one attached hydrogen (secondary N) is 1. The molecule has 1 atom stereocenters. The molecule has 0 heterocycles. The zero-order valence-corrected chi connectivity index (χ0v) is 12.7. The van der Waals surface area contributed by atoms with Gasteiger partial charge in [-0.25, -0.2) is 5.21 Å². The number of halogens is 1. The molecule has 0 amide bonds. The molecule has 116 valence electrons. The van der Waals surface area contributed by atoms with E-state index in [-0.39, 0.29) is 33.3 Å². The Balaban J connectivity index is 2.63. The number of carbonyl (C=O) groups excluding carboxylic acids is 1. The molecule has 0 saturated heterocycles. The van der Waals surface area contributed by atoms with Gasteiger partial charge in [-0.2, -0.15) is 5.23 Å². The maximum Gasteiger partial charge on any atom is 0.200 e. The van der Waals surface area contributed by atoms with Crippen molar-refractivity contribution >= 4 is 23.1 Å². The molecule has 0 spiro atoms. The van der Waals surface area contributed by atoms with Crippen LogP contribution in [0.5, 0.6) is 11.5 Å². The number of quaternary nitrogens is 1. The van der Waals surface area contributed by atoms with Crippen LogP contribution < -0.4 is 14.7 Å². The van der Waals surface area contributed by atoms with Crippen molar-refractivity contribution in [2.75, 3.05) is 14.2 Å². The van der Waals surface area contributed by atoms with Gasteiger partial charge in [0.2, 0.25) is 5.78 Å². The highest BCUT2D eigenvalue weighted by Crippen LogP contribution is 2.33. The van der Waals surface area contributed by atoms with Crippen LogP contribution in [-0.2, 0) is 0 Å². The summed E-state index contributed by atoms with van der Waals surface area (Å²) in [6.07, 6.45) is 0. The first-order valence-corrected chi connectivity index (χ1v) is 6.66. The molecule has 2 rings (SSSR count). The van der Waals surface area contributed by atoms with Gasteiger partial charge in [-0.3, -0.25) is 4.79 Å². The van der Waals surface area contributed by atoms with Gasteiger partial charge in [-0.05, 0) is 12.1 Å². The summed E-state index contributed by atoms with van der Waals surface area (Å²) in [5.41, 5.74) is 0.0275. The van der Waals surface area contributed by atoms with Crippen LogP contribution in [0.4, 0.5) is 5.69 Å². The van der Waals surface area contributed by atoms with Crippen molar-refractivity contribution in [3.63, 3.8) is 0 Å². The first kappa shape index (κ1) is 16.3. The Morgan fingerprint density at radius 1 is 1.14 bits per heavy atom. The summed E-state index contributed by atoms with van der Waals surface area (Å²) in [6, 6.07) is 9.04. The molecule has 0 bridgehead atoms. The first-order chi connectivity index (χ1) is 10.5. The molecule has 2 aromatic carbocycles. The van der Waals surface area contributed by atoms with Crippen LogP contribution in [0.2, 0.25) is 5.02 Å². The lowest BCUT2D eigenvalue weighted by Gasteiger charge is -2.18. The smallest absolute Gasteiger partial charge is 0.200 e. The number of carbonyl (C=O) groups is 1. The third-order valence-electron chi connectivity index (χ3n) is 3.12. The van der Waals surface area contributed by atoms with Crippen LogP contribution in [0.3, 0.4) is 0 Å². The molecular formula is C15H14ClNO5. The van der Waals surface area contributed by atoms with Crippen molar-refractivity contribution < 1.29 is 24.7 Å². The summed E-state index contributed by atoms with van der Waals surface area (Å²) in [4.78, 5) is 12.6. The molecule has 6 nitrogen and oxygen atoms in total. The van der Waals surface area contributed by atoms with E-state index in [4.69, 9.17) is 21.1 Å². The van der Waals surface area contributed by atoms with E-state index >= 15 is 0 Å². The Kier molecular flexibility index (Phi) is 4.99. The Hall–Kier alpha value is -2.12. The summed E-state index contributed by atoms with van der Waals surface area (Å²) in [6.45, 7) is 0. The maximum absolute atomic E-state index is 12.6. The van der Waals surface area contributed by atoms with Gasteiger partial charge in [0.1, 0.15) is 0 Å². The highest BCUT2D eigenvalue weighted by molar-refractivity contribution is 6.35. The molecule has 0 radical (unpaired) electrons. The van der Waals surface area contributed by atoms with E-state index in [1.165, 1.54) is 32.4 Å². The highest BCUT2D eigenvalue weighted by atomic mass is 35.5. The second-order valence-electron chi connectivity index (χ2n) is 4.37. The Labute approximate surface area is 132 Å². The molecule has 2 aromatic rings. The van der Waals surface area contributed by atoms with E-state index in [2.05, 4.69) is 0 Å². The molecule has 2 N–H and O–H groups in total. The van der Waals surface area contributed by atoms with Gasteiger partial charge in [0, 0.05) is 17.7 Å². The standard InChI is InChI=1S/C15H14ClNO5/c1-21-13-7-10(12(17(19)20)8-14(13)22-2)15(18)9-5-3-4-6-11(9)16/h3-8,17,19H,1-2H3. The lowest BCUT2D eigenvalue weighted by atomic mass is 10.0. The Morgan fingerprint density at radius 2 is 1.73 bits per heavy atom. The number of ketones is 1. The van der Waals surface area contributed by atoms with Crippen molar-refractivity contribution in [3.8, 4) is 11.5 Å². The van der Waals surface area contributed by atoms with E-state index in [1.54, 1.807) is 18.2 Å². The Bertz CT molecular complexity index is 702. The minimum absolute atomic E-state index is 0.0155. The molecule has 0 aliphatic carbocycles. The van der Waals surface area contributed by atoms with Gasteiger partial charge in [0.05, 0.1) is 24.8 Å². The summed E-state index contributed by atoms with van der Waals surface area (Å²) >= 11 is 6.01. The van der Waals surface area contributed by atoms with E-state index < -0.39 is 11.0 Å².